The van der Waals surface area contributed by atoms with E-state index < -0.39 is 0 Å². The molecule has 3 rings (SSSR count). The van der Waals surface area contributed by atoms with Gasteiger partial charge >= 0.3 is 0 Å². The van der Waals surface area contributed by atoms with Crippen LogP contribution >= 0.6 is 15.9 Å². The summed E-state index contributed by atoms with van der Waals surface area (Å²) in [4.78, 5) is 0. The van der Waals surface area contributed by atoms with Crippen molar-refractivity contribution in [1.82, 2.24) is 5.32 Å². The summed E-state index contributed by atoms with van der Waals surface area (Å²) in [6.07, 6.45) is 2.86. The van der Waals surface area contributed by atoms with Crippen LogP contribution in [0, 0.1) is 0 Å². The molecule has 0 aromatic heterocycles. The van der Waals surface area contributed by atoms with Gasteiger partial charge in [-0.15, -0.1) is 0 Å². The second-order valence-corrected chi connectivity index (χ2v) is 7.80. The predicted molar refractivity (Wildman–Crippen MR) is 118 cm³/mol. The van der Waals surface area contributed by atoms with Crippen LogP contribution in [0.4, 0.5) is 0 Å². The number of methoxy groups -OCH3 is 1. The minimum atomic E-state index is 0.217. The van der Waals surface area contributed by atoms with E-state index in [1.807, 2.05) is 19.1 Å². The summed E-state index contributed by atoms with van der Waals surface area (Å²) >= 11 is 3.59. The van der Waals surface area contributed by atoms with Gasteiger partial charge in [0.15, 0.2) is 11.5 Å². The van der Waals surface area contributed by atoms with Gasteiger partial charge in [0.05, 0.1) is 18.2 Å². The molecule has 1 aliphatic heterocycles. The van der Waals surface area contributed by atoms with E-state index in [1.165, 1.54) is 5.56 Å². The SMILES string of the molecule is C=CCOc1c(Br)cc(CNCc2cc3c(cc2OC)CC(C)O3)cc1OCC. The predicted octanol–water partition coefficient (Wildman–Crippen LogP) is 5.03. The Labute approximate surface area is 181 Å². The summed E-state index contributed by atoms with van der Waals surface area (Å²) in [5.74, 6) is 3.26. The third kappa shape index (κ3) is 5.25. The summed E-state index contributed by atoms with van der Waals surface area (Å²) in [5.41, 5.74) is 3.38. The Morgan fingerprint density at radius 1 is 1.21 bits per heavy atom. The number of benzene rings is 2. The molecule has 2 aromatic rings. The highest BCUT2D eigenvalue weighted by Crippen LogP contribution is 2.37. The molecule has 0 fully saturated rings. The Kier molecular flexibility index (Phi) is 7.45. The standard InChI is InChI=1S/C23H28BrNO4/c1-5-7-28-23-19(24)9-16(10-22(23)27-6-2)13-25-14-18-12-21-17(8-15(3)29-21)11-20(18)26-4/h5,9-12,15,25H,1,6-8,13-14H2,2-4H3. The highest BCUT2D eigenvalue weighted by molar-refractivity contribution is 9.10. The first kappa shape index (κ1) is 21.5. The zero-order chi connectivity index (χ0) is 20.8. The van der Waals surface area contributed by atoms with Crippen LogP contribution in [0.5, 0.6) is 23.0 Å². The third-order valence-electron chi connectivity index (χ3n) is 4.66. The highest BCUT2D eigenvalue weighted by Gasteiger charge is 2.21. The number of nitrogens with one attached hydrogen (secondary N) is 1. The summed E-state index contributed by atoms with van der Waals surface area (Å²) in [5, 5.41) is 3.49. The fourth-order valence-electron chi connectivity index (χ4n) is 3.42. The van der Waals surface area contributed by atoms with E-state index in [2.05, 4.69) is 46.9 Å². The molecule has 0 amide bonds. The lowest BCUT2D eigenvalue weighted by molar-refractivity contribution is 0.254. The zero-order valence-electron chi connectivity index (χ0n) is 17.2. The molecule has 1 N–H and O–H groups in total. The lowest BCUT2D eigenvalue weighted by atomic mass is 10.1. The summed E-state index contributed by atoms with van der Waals surface area (Å²) in [6.45, 7) is 10.1. The molecule has 0 radical (unpaired) electrons. The molecular weight excluding hydrogens is 434 g/mol. The average Bonchev–Trinajstić information content (AvgIpc) is 3.06. The second kappa shape index (κ2) is 10.0. The van der Waals surface area contributed by atoms with Gasteiger partial charge < -0.3 is 24.3 Å². The van der Waals surface area contributed by atoms with Gasteiger partial charge in [0, 0.05) is 30.6 Å². The van der Waals surface area contributed by atoms with Crippen molar-refractivity contribution in [3.05, 3.63) is 58.1 Å². The number of halogens is 1. The van der Waals surface area contributed by atoms with E-state index >= 15 is 0 Å². The van der Waals surface area contributed by atoms with Crippen LogP contribution in [0.25, 0.3) is 0 Å². The minimum absolute atomic E-state index is 0.217. The van der Waals surface area contributed by atoms with E-state index in [0.29, 0.717) is 32.1 Å². The Balaban J connectivity index is 1.70. The van der Waals surface area contributed by atoms with Crippen LogP contribution in [0.3, 0.4) is 0 Å². The molecule has 1 unspecified atom stereocenters. The lowest BCUT2D eigenvalue weighted by Crippen LogP contribution is -2.14. The van der Waals surface area contributed by atoms with Crippen molar-refractivity contribution in [3.63, 3.8) is 0 Å². The quantitative estimate of drug-likeness (QED) is 0.502. The number of hydrogen-bond donors (Lipinski definition) is 1. The Morgan fingerprint density at radius 2 is 2.03 bits per heavy atom. The molecular formula is C23H28BrNO4. The molecule has 1 atom stereocenters. The van der Waals surface area contributed by atoms with Crippen LogP contribution in [-0.2, 0) is 19.5 Å². The highest BCUT2D eigenvalue weighted by atomic mass is 79.9. The maximum absolute atomic E-state index is 5.89. The summed E-state index contributed by atoms with van der Waals surface area (Å²) < 4.78 is 23.8. The Morgan fingerprint density at radius 3 is 2.76 bits per heavy atom. The normalized spacial score (nSPS) is 14.8. The van der Waals surface area contributed by atoms with Crippen molar-refractivity contribution >= 4 is 15.9 Å². The molecule has 156 valence electrons. The number of rotatable bonds is 10. The monoisotopic (exact) mass is 461 g/mol. The zero-order valence-corrected chi connectivity index (χ0v) is 18.8. The van der Waals surface area contributed by atoms with Gasteiger partial charge in [0.2, 0.25) is 0 Å². The van der Waals surface area contributed by atoms with Crippen LogP contribution in [0.1, 0.15) is 30.5 Å². The van der Waals surface area contributed by atoms with Crippen LogP contribution < -0.4 is 24.3 Å². The number of fused-ring (bicyclic) bond motifs is 1. The first-order valence-corrected chi connectivity index (χ1v) is 10.6. The molecule has 2 aromatic carbocycles. The first-order valence-electron chi connectivity index (χ1n) is 9.81. The van der Waals surface area contributed by atoms with Gasteiger partial charge in [0.25, 0.3) is 0 Å². The maximum Gasteiger partial charge on any atom is 0.175 e. The summed E-state index contributed by atoms with van der Waals surface area (Å²) in [7, 11) is 1.71. The van der Waals surface area contributed by atoms with E-state index in [-0.39, 0.29) is 6.10 Å². The molecule has 0 saturated carbocycles. The van der Waals surface area contributed by atoms with Gasteiger partial charge in [-0.1, -0.05) is 12.7 Å². The smallest absolute Gasteiger partial charge is 0.175 e. The van der Waals surface area contributed by atoms with Gasteiger partial charge in [-0.3, -0.25) is 0 Å². The van der Waals surface area contributed by atoms with Crippen molar-refractivity contribution in [2.24, 2.45) is 0 Å². The third-order valence-corrected chi connectivity index (χ3v) is 5.25. The molecule has 1 aliphatic rings. The van der Waals surface area contributed by atoms with Gasteiger partial charge in [-0.25, -0.2) is 0 Å². The van der Waals surface area contributed by atoms with Crippen molar-refractivity contribution in [2.75, 3.05) is 20.3 Å². The van der Waals surface area contributed by atoms with Crippen molar-refractivity contribution in [1.29, 1.82) is 0 Å². The summed E-state index contributed by atoms with van der Waals surface area (Å²) in [6, 6.07) is 8.22. The van der Waals surface area contributed by atoms with Crippen LogP contribution in [-0.4, -0.2) is 26.4 Å². The molecule has 6 heteroatoms. The minimum Gasteiger partial charge on any atom is -0.496 e. The first-order chi connectivity index (χ1) is 14.0. The average molecular weight is 462 g/mol. The van der Waals surface area contributed by atoms with Crippen molar-refractivity contribution in [3.8, 4) is 23.0 Å². The van der Waals surface area contributed by atoms with Gasteiger partial charge in [-0.2, -0.15) is 0 Å². The fourth-order valence-corrected chi connectivity index (χ4v) is 4.02. The fraction of sp³-hybridized carbons (Fsp3) is 0.391. The van der Waals surface area contributed by atoms with E-state index in [9.17, 15) is 0 Å². The Hall–Kier alpha value is -2.18. The number of ether oxygens (including phenoxy) is 4. The van der Waals surface area contributed by atoms with Crippen LogP contribution in [0.15, 0.2) is 41.4 Å². The Bertz CT molecular complexity index is 868. The molecule has 0 aliphatic carbocycles. The van der Waals surface area contributed by atoms with Gasteiger partial charge in [-0.05, 0) is 59.6 Å². The van der Waals surface area contributed by atoms with E-state index in [4.69, 9.17) is 18.9 Å². The van der Waals surface area contributed by atoms with Crippen molar-refractivity contribution in [2.45, 2.75) is 39.5 Å². The van der Waals surface area contributed by atoms with Crippen molar-refractivity contribution < 1.29 is 18.9 Å². The molecule has 29 heavy (non-hydrogen) atoms. The maximum atomic E-state index is 5.89. The largest absolute Gasteiger partial charge is 0.496 e. The molecule has 5 nitrogen and oxygen atoms in total. The number of hydrogen-bond acceptors (Lipinski definition) is 5. The van der Waals surface area contributed by atoms with E-state index in [0.717, 1.165) is 39.3 Å². The molecule has 0 saturated heterocycles. The molecule has 0 bridgehead atoms. The topological polar surface area (TPSA) is 49.0 Å². The lowest BCUT2D eigenvalue weighted by Gasteiger charge is -2.16. The molecule has 0 spiro atoms. The van der Waals surface area contributed by atoms with E-state index in [1.54, 1.807) is 13.2 Å². The second-order valence-electron chi connectivity index (χ2n) is 6.95. The molecule has 1 heterocycles. The van der Waals surface area contributed by atoms with Gasteiger partial charge in [0.1, 0.15) is 24.2 Å². The van der Waals surface area contributed by atoms with Crippen LogP contribution in [0.2, 0.25) is 0 Å².